The molecule has 4 aromatic rings. The molecule has 0 N–H and O–H groups in total. The highest BCUT2D eigenvalue weighted by molar-refractivity contribution is 6.36. The van der Waals surface area contributed by atoms with Gasteiger partial charge in [0.1, 0.15) is 5.82 Å². The monoisotopic (exact) mass is 670 g/mol. The van der Waals surface area contributed by atoms with Crippen molar-refractivity contribution in [1.29, 1.82) is 0 Å². The Morgan fingerprint density at radius 1 is 0.667 bits per heavy atom. The van der Waals surface area contributed by atoms with Crippen LogP contribution in [0.4, 0.5) is 4.39 Å². The Bertz CT molecular complexity index is 1740. The average molecular weight is 671 g/mol. The van der Waals surface area contributed by atoms with Gasteiger partial charge in [0, 0.05) is 85.9 Å². The van der Waals surface area contributed by atoms with Crippen LogP contribution in [-0.4, -0.2) is 86.6 Å². The maximum absolute atomic E-state index is 16.6. The molecule has 8 rings (SSSR count). The van der Waals surface area contributed by atoms with E-state index in [1.54, 1.807) is 40.6 Å². The normalized spacial score (nSPS) is 21.1. The summed E-state index contributed by atoms with van der Waals surface area (Å²) in [5.74, 6) is 0.798. The number of fused-ring (bicyclic) bond motifs is 2. The predicted octanol–water partition coefficient (Wildman–Crippen LogP) is 6.92. The van der Waals surface area contributed by atoms with Crippen molar-refractivity contribution in [3.63, 3.8) is 0 Å². The minimum atomic E-state index is -0.377. The zero-order valence-corrected chi connectivity index (χ0v) is 28.5. The summed E-state index contributed by atoms with van der Waals surface area (Å²) < 4.78 is 39.3. The number of hydrogen-bond acceptors (Lipinski definition) is 8. The molecule has 2 aromatic heterocycles. The molecule has 2 saturated heterocycles. The molecule has 0 radical (unpaired) electrons. The van der Waals surface area contributed by atoms with Crippen LogP contribution in [0, 0.1) is 5.82 Å². The first kappa shape index (κ1) is 31.7. The average Bonchev–Trinajstić information content (AvgIpc) is 3.68. The second-order valence-corrected chi connectivity index (χ2v) is 13.6. The van der Waals surface area contributed by atoms with Gasteiger partial charge in [0.25, 0.3) is 0 Å². The Labute approximate surface area is 285 Å². The molecule has 0 bridgehead atoms. The number of methoxy groups -OCH3 is 4. The van der Waals surface area contributed by atoms with Crippen LogP contribution in [0.3, 0.4) is 0 Å². The Hall–Kier alpha value is -3.60. The first-order chi connectivity index (χ1) is 23.4. The van der Waals surface area contributed by atoms with Crippen LogP contribution in [0.25, 0.3) is 33.6 Å². The lowest BCUT2D eigenvalue weighted by atomic mass is 9.96. The SMILES string of the molecule is COc1nc(-c2cccc(-c3cccc(-c4cc5c(c(OC)n4)[C@@H](N4CC(OC)C4)CC5)c3Cl)c2F)cc2c1[C@H](N1CC(OC)C1)CC2. The van der Waals surface area contributed by atoms with E-state index in [4.69, 9.17) is 40.5 Å². The summed E-state index contributed by atoms with van der Waals surface area (Å²) >= 11 is 7.13. The highest BCUT2D eigenvalue weighted by atomic mass is 35.5. The molecule has 2 aromatic carbocycles. The van der Waals surface area contributed by atoms with E-state index in [0.717, 1.165) is 74.1 Å². The molecule has 2 aliphatic carbocycles. The molecule has 250 valence electrons. The summed E-state index contributed by atoms with van der Waals surface area (Å²) in [6.45, 7) is 3.60. The Kier molecular flexibility index (Phi) is 8.37. The van der Waals surface area contributed by atoms with E-state index in [1.165, 1.54) is 5.56 Å². The van der Waals surface area contributed by atoms with Gasteiger partial charge in [-0.3, -0.25) is 9.80 Å². The zero-order valence-electron chi connectivity index (χ0n) is 27.8. The lowest BCUT2D eigenvalue weighted by molar-refractivity contribution is -0.0515. The third-order valence-corrected chi connectivity index (χ3v) is 11.2. The first-order valence-electron chi connectivity index (χ1n) is 16.7. The standard InChI is InChI=1S/C38H40ClFN4O4/c1-45-23-17-43(18-23)31-13-11-21-15-29(41-37(47-3)33(21)31)27-9-5-7-25(35(27)39)26-8-6-10-28(36(26)40)30-16-22-12-14-32(34(22)38(42-30)48-4)44-19-24(20-44)46-2/h5-10,15-16,23-24,31-32H,11-14,17-20H2,1-4H3/t31-,32+/m0/s1. The van der Waals surface area contributed by atoms with E-state index < -0.39 is 0 Å². The molecule has 0 spiro atoms. The topological polar surface area (TPSA) is 69.2 Å². The van der Waals surface area contributed by atoms with Crippen LogP contribution < -0.4 is 9.47 Å². The summed E-state index contributed by atoms with van der Waals surface area (Å²) in [6, 6.07) is 15.7. The van der Waals surface area contributed by atoms with Crippen LogP contribution in [0.1, 0.15) is 47.2 Å². The van der Waals surface area contributed by atoms with Gasteiger partial charge in [-0.1, -0.05) is 41.9 Å². The van der Waals surface area contributed by atoms with Crippen LogP contribution in [0.5, 0.6) is 11.8 Å². The van der Waals surface area contributed by atoms with Crippen molar-refractivity contribution in [2.45, 2.75) is 50.0 Å². The second kappa shape index (κ2) is 12.7. The summed E-state index contributed by atoms with van der Waals surface area (Å²) in [7, 11) is 6.82. The number of hydrogen-bond donors (Lipinski definition) is 0. The fourth-order valence-corrected chi connectivity index (χ4v) is 8.43. The minimum Gasteiger partial charge on any atom is -0.481 e. The molecule has 2 atom stereocenters. The van der Waals surface area contributed by atoms with E-state index in [2.05, 4.69) is 15.9 Å². The van der Waals surface area contributed by atoms with Crippen LogP contribution >= 0.6 is 11.6 Å². The number of pyridine rings is 2. The van der Waals surface area contributed by atoms with Gasteiger partial charge in [-0.25, -0.2) is 14.4 Å². The molecule has 4 heterocycles. The summed E-state index contributed by atoms with van der Waals surface area (Å²) in [6.07, 6.45) is 4.35. The Balaban J connectivity index is 1.12. The van der Waals surface area contributed by atoms with Crippen molar-refractivity contribution in [2.75, 3.05) is 54.6 Å². The smallest absolute Gasteiger partial charge is 0.218 e. The summed E-state index contributed by atoms with van der Waals surface area (Å²) in [5, 5.41) is 0.439. The van der Waals surface area contributed by atoms with Gasteiger partial charge in [-0.05, 0) is 55.0 Å². The molecule has 0 amide bonds. The van der Waals surface area contributed by atoms with Crippen molar-refractivity contribution in [3.8, 4) is 45.4 Å². The molecular weight excluding hydrogens is 631 g/mol. The number of benzene rings is 2. The largest absolute Gasteiger partial charge is 0.481 e. The molecule has 0 saturated carbocycles. The Morgan fingerprint density at radius 2 is 1.12 bits per heavy atom. The number of likely N-dealkylation sites (tertiary alicyclic amines) is 2. The zero-order chi connectivity index (χ0) is 33.1. The lowest BCUT2D eigenvalue weighted by Gasteiger charge is -2.42. The molecular formula is C38H40ClFN4O4. The number of halogens is 2. The molecule has 0 unspecified atom stereocenters. The summed E-state index contributed by atoms with van der Waals surface area (Å²) in [4.78, 5) is 14.6. The third-order valence-electron chi connectivity index (χ3n) is 10.8. The maximum atomic E-state index is 16.6. The van der Waals surface area contributed by atoms with Crippen molar-refractivity contribution in [2.24, 2.45) is 0 Å². The number of nitrogens with zero attached hydrogens (tertiary/aromatic N) is 4. The van der Waals surface area contributed by atoms with Crippen molar-refractivity contribution in [1.82, 2.24) is 19.8 Å². The van der Waals surface area contributed by atoms with Crippen LogP contribution in [0.2, 0.25) is 5.02 Å². The molecule has 10 heteroatoms. The van der Waals surface area contributed by atoms with Crippen LogP contribution in [-0.2, 0) is 22.3 Å². The van der Waals surface area contributed by atoms with E-state index in [9.17, 15) is 0 Å². The first-order valence-corrected chi connectivity index (χ1v) is 17.1. The molecule has 48 heavy (non-hydrogen) atoms. The number of aryl methyl sites for hydroxylation is 2. The molecule has 8 nitrogen and oxygen atoms in total. The molecule has 2 aliphatic heterocycles. The minimum absolute atomic E-state index is 0.233. The van der Waals surface area contributed by atoms with Gasteiger partial charge >= 0.3 is 0 Å². The quantitative estimate of drug-likeness (QED) is 0.190. The van der Waals surface area contributed by atoms with Gasteiger partial charge in [-0.2, -0.15) is 0 Å². The van der Waals surface area contributed by atoms with E-state index in [0.29, 0.717) is 44.9 Å². The maximum Gasteiger partial charge on any atom is 0.218 e. The van der Waals surface area contributed by atoms with Gasteiger partial charge in [0.05, 0.1) is 42.8 Å². The lowest BCUT2D eigenvalue weighted by Crippen LogP contribution is -2.52. The van der Waals surface area contributed by atoms with E-state index >= 15 is 4.39 Å². The highest BCUT2D eigenvalue weighted by Crippen LogP contribution is 2.47. The predicted molar refractivity (Wildman–Crippen MR) is 183 cm³/mol. The number of aromatic nitrogens is 2. The van der Waals surface area contributed by atoms with Crippen molar-refractivity contribution >= 4 is 11.6 Å². The molecule has 2 fully saturated rings. The van der Waals surface area contributed by atoms with Gasteiger partial charge in [-0.15, -0.1) is 0 Å². The van der Waals surface area contributed by atoms with Gasteiger partial charge in [0.15, 0.2) is 0 Å². The van der Waals surface area contributed by atoms with Crippen LogP contribution in [0.15, 0.2) is 48.5 Å². The number of rotatable bonds is 9. The van der Waals surface area contributed by atoms with Crippen molar-refractivity contribution < 1.29 is 23.3 Å². The fourth-order valence-electron chi connectivity index (χ4n) is 8.10. The van der Waals surface area contributed by atoms with Gasteiger partial charge < -0.3 is 18.9 Å². The fraction of sp³-hybridized carbons (Fsp3) is 0.421. The third kappa shape index (κ3) is 5.18. The highest BCUT2D eigenvalue weighted by Gasteiger charge is 2.40. The van der Waals surface area contributed by atoms with Gasteiger partial charge in [0.2, 0.25) is 11.8 Å². The Morgan fingerprint density at radius 3 is 1.62 bits per heavy atom. The molecule has 4 aliphatic rings. The second-order valence-electron chi connectivity index (χ2n) is 13.2. The summed E-state index contributed by atoms with van der Waals surface area (Å²) in [5.41, 5.74) is 8.03. The van der Waals surface area contributed by atoms with E-state index in [-0.39, 0.29) is 30.1 Å². The van der Waals surface area contributed by atoms with E-state index in [1.807, 2.05) is 30.3 Å². The van der Waals surface area contributed by atoms with Crippen molar-refractivity contribution in [3.05, 3.63) is 81.6 Å². The number of ether oxygens (including phenoxy) is 4.